The second-order valence-electron chi connectivity index (χ2n) is 7.50. The maximum absolute atomic E-state index is 6.44. The van der Waals surface area contributed by atoms with Gasteiger partial charge in [0.2, 0.25) is 5.88 Å². The molecule has 0 saturated carbocycles. The summed E-state index contributed by atoms with van der Waals surface area (Å²) >= 11 is 1.35. The largest absolute Gasteiger partial charge is 0.494 e. The normalized spacial score (nSPS) is 11.3. The number of pyridine rings is 1. The number of benzene rings is 1. The number of hydrogen-bond acceptors (Lipinski definition) is 11. The van der Waals surface area contributed by atoms with Gasteiger partial charge in [0.05, 0.1) is 32.3 Å². The monoisotopic (exact) mass is 520 g/mol. The number of rotatable bonds is 11. The molecule has 0 aliphatic heterocycles. The molecule has 0 radical (unpaired) electrons. The van der Waals surface area contributed by atoms with Crippen LogP contribution < -0.4 is 30.4 Å². The molecule has 0 unspecified atom stereocenters. The molecule has 11 nitrogen and oxygen atoms in total. The number of aromatic nitrogens is 5. The molecule has 3 heterocycles. The summed E-state index contributed by atoms with van der Waals surface area (Å²) in [6, 6.07) is 12.7. The van der Waals surface area contributed by atoms with Gasteiger partial charge in [0.15, 0.2) is 11.6 Å². The summed E-state index contributed by atoms with van der Waals surface area (Å²) in [5, 5.41) is 0. The molecule has 1 aromatic carbocycles. The average molecular weight is 521 g/mol. The van der Waals surface area contributed by atoms with Crippen molar-refractivity contribution in [1.82, 2.24) is 29.2 Å². The molecule has 0 atom stereocenters. The van der Waals surface area contributed by atoms with Gasteiger partial charge in [0.1, 0.15) is 34.5 Å². The number of anilines is 1. The maximum atomic E-state index is 6.44. The molecule has 0 aliphatic rings. The van der Waals surface area contributed by atoms with Crippen molar-refractivity contribution in [3.05, 3.63) is 72.2 Å². The SMILES string of the molecule is CCOc1cccc(-c2nc(N)c(/C=C(\N)NSCc3ncccn3)n2-c2c(OC)cccc2OC)n1. The summed E-state index contributed by atoms with van der Waals surface area (Å²) < 4.78 is 21.9. The molecule has 0 spiro atoms. The maximum Gasteiger partial charge on any atom is 0.213 e. The number of para-hydroxylation sites is 1. The van der Waals surface area contributed by atoms with E-state index in [1.165, 1.54) is 11.9 Å². The van der Waals surface area contributed by atoms with E-state index >= 15 is 0 Å². The fraction of sp³-hybridized carbons (Fsp3) is 0.200. The van der Waals surface area contributed by atoms with Crippen molar-refractivity contribution in [1.29, 1.82) is 0 Å². The van der Waals surface area contributed by atoms with Gasteiger partial charge in [0, 0.05) is 24.5 Å². The van der Waals surface area contributed by atoms with Crippen molar-refractivity contribution in [2.24, 2.45) is 5.73 Å². The number of nitrogen functional groups attached to an aromatic ring is 1. The lowest BCUT2D eigenvalue weighted by molar-refractivity contribution is 0.327. The van der Waals surface area contributed by atoms with Gasteiger partial charge in [0.25, 0.3) is 0 Å². The van der Waals surface area contributed by atoms with E-state index in [0.717, 1.165) is 0 Å². The first kappa shape index (κ1) is 25.6. The van der Waals surface area contributed by atoms with Gasteiger partial charge >= 0.3 is 0 Å². The first-order valence-electron chi connectivity index (χ1n) is 11.4. The zero-order valence-corrected chi connectivity index (χ0v) is 21.5. The molecule has 12 heteroatoms. The van der Waals surface area contributed by atoms with Gasteiger partial charge in [-0.1, -0.05) is 12.1 Å². The summed E-state index contributed by atoms with van der Waals surface area (Å²) in [7, 11) is 3.17. The zero-order chi connectivity index (χ0) is 26.2. The minimum Gasteiger partial charge on any atom is -0.494 e. The van der Waals surface area contributed by atoms with Crippen molar-refractivity contribution in [3.63, 3.8) is 0 Å². The second kappa shape index (κ2) is 12.0. The highest BCUT2D eigenvalue weighted by atomic mass is 32.2. The smallest absolute Gasteiger partial charge is 0.213 e. The molecular formula is C25H28N8O3S. The van der Waals surface area contributed by atoms with Crippen molar-refractivity contribution in [3.8, 4) is 34.6 Å². The topological polar surface area (TPSA) is 148 Å². The van der Waals surface area contributed by atoms with Crippen LogP contribution in [0.1, 0.15) is 18.4 Å². The Kier molecular flexibility index (Phi) is 8.31. The fourth-order valence-corrected chi connectivity index (χ4v) is 4.15. The zero-order valence-electron chi connectivity index (χ0n) is 20.7. The van der Waals surface area contributed by atoms with Crippen molar-refractivity contribution >= 4 is 23.8 Å². The minimum absolute atomic E-state index is 0.243. The number of imidazole rings is 1. The first-order chi connectivity index (χ1) is 18.0. The number of nitrogens with two attached hydrogens (primary N) is 2. The number of methoxy groups -OCH3 is 2. The van der Waals surface area contributed by atoms with Crippen LogP contribution in [-0.2, 0) is 5.75 Å². The van der Waals surface area contributed by atoms with Crippen LogP contribution in [0.25, 0.3) is 23.3 Å². The van der Waals surface area contributed by atoms with Crippen molar-refractivity contribution < 1.29 is 14.2 Å². The third kappa shape index (κ3) is 5.86. The summed E-state index contributed by atoms with van der Waals surface area (Å²) in [5.74, 6) is 3.83. The van der Waals surface area contributed by atoms with Crippen molar-refractivity contribution in [2.75, 3.05) is 26.6 Å². The highest BCUT2D eigenvalue weighted by molar-refractivity contribution is 7.96. The minimum atomic E-state index is 0.243. The van der Waals surface area contributed by atoms with E-state index in [1.54, 1.807) is 44.8 Å². The average Bonchev–Trinajstić information content (AvgIpc) is 3.24. The van der Waals surface area contributed by atoms with E-state index in [0.29, 0.717) is 64.3 Å². The third-order valence-electron chi connectivity index (χ3n) is 5.11. The molecule has 0 saturated heterocycles. The molecular weight excluding hydrogens is 492 g/mol. The Balaban J connectivity index is 1.81. The van der Waals surface area contributed by atoms with Crippen LogP contribution in [0.2, 0.25) is 0 Å². The number of nitrogens with zero attached hydrogens (tertiary/aromatic N) is 5. The fourth-order valence-electron chi connectivity index (χ4n) is 3.57. The van der Waals surface area contributed by atoms with Crippen LogP contribution in [0.15, 0.2) is 60.7 Å². The highest BCUT2D eigenvalue weighted by Gasteiger charge is 2.24. The molecule has 3 aromatic heterocycles. The summed E-state index contributed by atoms with van der Waals surface area (Å²) in [4.78, 5) is 17.7. The van der Waals surface area contributed by atoms with Crippen LogP contribution in [0.3, 0.4) is 0 Å². The van der Waals surface area contributed by atoms with Gasteiger partial charge in [-0.3, -0.25) is 4.57 Å². The Morgan fingerprint density at radius 1 is 1.03 bits per heavy atom. The van der Waals surface area contributed by atoms with Crippen LogP contribution in [-0.4, -0.2) is 45.3 Å². The van der Waals surface area contributed by atoms with Crippen LogP contribution in [0, 0.1) is 0 Å². The Labute approximate surface area is 219 Å². The summed E-state index contributed by atoms with van der Waals surface area (Å²) in [6.07, 6.45) is 5.08. The number of nitrogens with one attached hydrogen (secondary N) is 1. The Hall–Kier alpha value is -4.45. The summed E-state index contributed by atoms with van der Waals surface area (Å²) in [5.41, 5.74) is 14.4. The lowest BCUT2D eigenvalue weighted by atomic mass is 10.2. The van der Waals surface area contributed by atoms with Gasteiger partial charge in [-0.15, -0.1) is 0 Å². The molecule has 37 heavy (non-hydrogen) atoms. The second-order valence-corrected chi connectivity index (χ2v) is 8.28. The summed E-state index contributed by atoms with van der Waals surface area (Å²) in [6.45, 7) is 2.38. The first-order valence-corrected chi connectivity index (χ1v) is 12.3. The van der Waals surface area contributed by atoms with Crippen LogP contribution in [0.4, 0.5) is 5.82 Å². The van der Waals surface area contributed by atoms with E-state index in [4.69, 9.17) is 25.7 Å². The van der Waals surface area contributed by atoms with Crippen molar-refractivity contribution in [2.45, 2.75) is 12.7 Å². The Morgan fingerprint density at radius 2 is 1.73 bits per heavy atom. The number of ether oxygens (including phenoxy) is 3. The van der Waals surface area contributed by atoms with E-state index in [1.807, 2.05) is 41.8 Å². The lowest BCUT2D eigenvalue weighted by Gasteiger charge is -2.18. The number of hydrogen-bond donors (Lipinski definition) is 3. The van der Waals surface area contributed by atoms with Crippen LogP contribution >= 0.6 is 11.9 Å². The molecule has 5 N–H and O–H groups in total. The van der Waals surface area contributed by atoms with Gasteiger partial charge in [-0.05, 0) is 43.1 Å². The van der Waals surface area contributed by atoms with Gasteiger partial charge < -0.3 is 30.4 Å². The Morgan fingerprint density at radius 3 is 2.41 bits per heavy atom. The standard InChI is InChI=1S/C25H28N8O3S/c1-4-36-22-11-5-8-16(30-22)25-31-24(27)17(14-20(26)32-37-15-21-28-12-7-13-29-21)33(25)23-18(34-2)9-6-10-19(23)35-3/h5-14,32H,4,15,26-27H2,1-3H3/b20-14+. The molecule has 0 amide bonds. The molecule has 0 fully saturated rings. The third-order valence-corrected chi connectivity index (χ3v) is 5.90. The molecule has 0 bridgehead atoms. The molecule has 4 aromatic rings. The van der Waals surface area contributed by atoms with Crippen LogP contribution in [0.5, 0.6) is 17.4 Å². The lowest BCUT2D eigenvalue weighted by Crippen LogP contribution is -2.14. The van der Waals surface area contributed by atoms with E-state index in [9.17, 15) is 0 Å². The quantitative estimate of drug-likeness (QED) is 0.250. The predicted octanol–water partition coefficient (Wildman–Crippen LogP) is 3.42. The molecule has 192 valence electrons. The van der Waals surface area contributed by atoms with Gasteiger partial charge in [-0.25, -0.2) is 19.9 Å². The highest BCUT2D eigenvalue weighted by Crippen LogP contribution is 2.38. The van der Waals surface area contributed by atoms with E-state index in [2.05, 4.69) is 24.7 Å². The molecule has 4 rings (SSSR count). The molecule has 0 aliphatic carbocycles. The Bertz CT molecular complexity index is 1360. The van der Waals surface area contributed by atoms with Gasteiger partial charge in [-0.2, -0.15) is 0 Å². The predicted molar refractivity (Wildman–Crippen MR) is 144 cm³/mol. The van der Waals surface area contributed by atoms with E-state index < -0.39 is 0 Å². The van der Waals surface area contributed by atoms with E-state index in [-0.39, 0.29) is 5.82 Å².